The van der Waals surface area contributed by atoms with Crippen molar-refractivity contribution in [1.82, 2.24) is 4.98 Å². The number of hydrogen-bond donors (Lipinski definition) is 1. The Morgan fingerprint density at radius 1 is 1.44 bits per heavy atom. The van der Waals surface area contributed by atoms with Gasteiger partial charge in [-0.15, -0.1) is 11.3 Å². The molecule has 0 saturated carbocycles. The van der Waals surface area contributed by atoms with E-state index in [2.05, 4.69) is 27.8 Å². The number of fused-ring (bicyclic) bond motifs is 1. The summed E-state index contributed by atoms with van der Waals surface area (Å²) < 4.78 is 11.6. The molecule has 0 bridgehead atoms. The van der Waals surface area contributed by atoms with Crippen LogP contribution in [0, 0.1) is 0 Å². The van der Waals surface area contributed by atoms with Gasteiger partial charge in [-0.1, -0.05) is 6.92 Å². The molecular formula is C12H11BrN2O2S. The summed E-state index contributed by atoms with van der Waals surface area (Å²) >= 11 is 5.00. The number of nitrogens with zero attached hydrogens (tertiary/aromatic N) is 1. The van der Waals surface area contributed by atoms with Crippen LogP contribution in [0.5, 0.6) is 11.5 Å². The van der Waals surface area contributed by atoms with Gasteiger partial charge in [-0.3, -0.25) is 0 Å². The fourth-order valence-electron chi connectivity index (χ4n) is 1.84. The fraction of sp³-hybridized carbons (Fsp3) is 0.250. The van der Waals surface area contributed by atoms with Gasteiger partial charge in [-0.05, 0) is 34.5 Å². The monoisotopic (exact) mass is 326 g/mol. The second-order valence-electron chi connectivity index (χ2n) is 3.87. The molecule has 18 heavy (non-hydrogen) atoms. The third-order valence-corrected chi connectivity index (χ3v) is 4.32. The van der Waals surface area contributed by atoms with Crippen LogP contribution in [0.4, 0.5) is 5.00 Å². The standard InChI is InChI=1S/C12H11BrN2O2S/c1-2-9-15-10(12(14)18-9)6-3-7(13)11-8(4-6)16-5-17-11/h3-4H,2,5,14H2,1H3. The van der Waals surface area contributed by atoms with Crippen molar-refractivity contribution in [3.8, 4) is 22.8 Å². The maximum atomic E-state index is 6.01. The molecule has 2 heterocycles. The average Bonchev–Trinajstić information content (AvgIpc) is 2.95. The summed E-state index contributed by atoms with van der Waals surface area (Å²) in [5, 5.41) is 1.77. The number of hydrogen-bond acceptors (Lipinski definition) is 5. The Morgan fingerprint density at radius 3 is 3.00 bits per heavy atom. The normalized spacial score (nSPS) is 13.0. The number of nitrogen functional groups attached to an aromatic ring is 1. The van der Waals surface area contributed by atoms with Crippen LogP contribution in [0.1, 0.15) is 11.9 Å². The van der Waals surface area contributed by atoms with Gasteiger partial charge in [0.15, 0.2) is 11.5 Å². The number of halogens is 1. The van der Waals surface area contributed by atoms with Gasteiger partial charge in [0.25, 0.3) is 0 Å². The van der Waals surface area contributed by atoms with Gasteiger partial charge in [0.2, 0.25) is 6.79 Å². The third-order valence-electron chi connectivity index (χ3n) is 2.70. The van der Waals surface area contributed by atoms with E-state index in [1.807, 2.05) is 12.1 Å². The number of anilines is 1. The van der Waals surface area contributed by atoms with E-state index in [0.717, 1.165) is 43.7 Å². The van der Waals surface area contributed by atoms with Crippen molar-refractivity contribution in [2.45, 2.75) is 13.3 Å². The molecule has 0 radical (unpaired) electrons. The fourth-order valence-corrected chi connectivity index (χ4v) is 3.19. The number of aromatic nitrogens is 1. The zero-order chi connectivity index (χ0) is 12.7. The highest BCUT2D eigenvalue weighted by Gasteiger charge is 2.20. The topological polar surface area (TPSA) is 57.4 Å². The number of rotatable bonds is 2. The zero-order valence-electron chi connectivity index (χ0n) is 9.70. The largest absolute Gasteiger partial charge is 0.454 e. The van der Waals surface area contributed by atoms with Gasteiger partial charge in [-0.25, -0.2) is 4.98 Å². The number of benzene rings is 1. The number of nitrogens with two attached hydrogens (primary N) is 1. The molecule has 4 nitrogen and oxygen atoms in total. The molecule has 0 saturated heterocycles. The Kier molecular flexibility index (Phi) is 2.91. The van der Waals surface area contributed by atoms with E-state index in [1.165, 1.54) is 11.3 Å². The van der Waals surface area contributed by atoms with Gasteiger partial charge in [0.05, 0.1) is 9.48 Å². The first-order valence-electron chi connectivity index (χ1n) is 5.53. The van der Waals surface area contributed by atoms with Crippen molar-refractivity contribution in [2.75, 3.05) is 12.5 Å². The molecule has 94 valence electrons. The predicted molar refractivity (Wildman–Crippen MR) is 75.2 cm³/mol. The number of thiazole rings is 1. The molecule has 2 aromatic rings. The molecule has 3 rings (SSSR count). The first kappa shape index (κ1) is 11.8. The van der Waals surface area contributed by atoms with Crippen LogP contribution in [0.3, 0.4) is 0 Å². The van der Waals surface area contributed by atoms with Crippen LogP contribution >= 0.6 is 27.3 Å². The maximum Gasteiger partial charge on any atom is 0.231 e. The lowest BCUT2D eigenvalue weighted by molar-refractivity contribution is 0.173. The summed E-state index contributed by atoms with van der Waals surface area (Å²) in [7, 11) is 0. The van der Waals surface area contributed by atoms with E-state index in [1.54, 1.807) is 0 Å². The van der Waals surface area contributed by atoms with Crippen molar-refractivity contribution >= 4 is 32.3 Å². The van der Waals surface area contributed by atoms with E-state index in [-0.39, 0.29) is 6.79 Å². The Morgan fingerprint density at radius 2 is 2.28 bits per heavy atom. The minimum Gasteiger partial charge on any atom is -0.454 e. The van der Waals surface area contributed by atoms with Crippen molar-refractivity contribution in [3.63, 3.8) is 0 Å². The van der Waals surface area contributed by atoms with Gasteiger partial charge in [0, 0.05) is 5.56 Å². The molecule has 0 atom stereocenters. The lowest BCUT2D eigenvalue weighted by Gasteiger charge is -2.03. The number of ether oxygens (including phenoxy) is 2. The summed E-state index contributed by atoms with van der Waals surface area (Å²) in [6.07, 6.45) is 0.889. The molecule has 1 aromatic heterocycles. The zero-order valence-corrected chi connectivity index (χ0v) is 12.1. The lowest BCUT2D eigenvalue weighted by Crippen LogP contribution is -1.93. The highest BCUT2D eigenvalue weighted by Crippen LogP contribution is 2.43. The van der Waals surface area contributed by atoms with Gasteiger partial charge < -0.3 is 15.2 Å². The van der Waals surface area contributed by atoms with Crippen LogP contribution < -0.4 is 15.2 Å². The molecule has 0 spiro atoms. The quantitative estimate of drug-likeness (QED) is 0.918. The first-order chi connectivity index (χ1) is 8.69. The molecule has 6 heteroatoms. The molecule has 1 aliphatic heterocycles. The van der Waals surface area contributed by atoms with E-state index in [4.69, 9.17) is 15.2 Å². The van der Waals surface area contributed by atoms with Gasteiger partial charge >= 0.3 is 0 Å². The SMILES string of the molecule is CCc1nc(-c2cc(Br)c3c(c2)OCO3)c(N)s1. The van der Waals surface area contributed by atoms with Gasteiger partial charge in [-0.2, -0.15) is 0 Å². The van der Waals surface area contributed by atoms with Crippen molar-refractivity contribution < 1.29 is 9.47 Å². The van der Waals surface area contributed by atoms with Crippen LogP contribution in [0.2, 0.25) is 0 Å². The molecule has 0 unspecified atom stereocenters. The summed E-state index contributed by atoms with van der Waals surface area (Å²) in [6.45, 7) is 2.32. The summed E-state index contributed by atoms with van der Waals surface area (Å²) in [5.41, 5.74) is 7.77. The van der Waals surface area contributed by atoms with Crippen molar-refractivity contribution in [1.29, 1.82) is 0 Å². The smallest absolute Gasteiger partial charge is 0.231 e. The van der Waals surface area contributed by atoms with E-state index < -0.39 is 0 Å². The second kappa shape index (κ2) is 4.44. The Bertz CT molecular complexity index is 612. The summed E-state index contributed by atoms with van der Waals surface area (Å²) in [4.78, 5) is 4.54. The van der Waals surface area contributed by atoms with Crippen LogP contribution in [0.15, 0.2) is 16.6 Å². The lowest BCUT2D eigenvalue weighted by atomic mass is 10.1. The van der Waals surface area contributed by atoms with Crippen molar-refractivity contribution in [2.24, 2.45) is 0 Å². The molecular weight excluding hydrogens is 316 g/mol. The molecule has 0 amide bonds. The molecule has 1 aromatic carbocycles. The predicted octanol–water partition coefficient (Wildman–Crippen LogP) is 3.45. The van der Waals surface area contributed by atoms with Crippen LogP contribution in [-0.2, 0) is 6.42 Å². The van der Waals surface area contributed by atoms with E-state index in [0.29, 0.717) is 0 Å². The van der Waals surface area contributed by atoms with E-state index >= 15 is 0 Å². The highest BCUT2D eigenvalue weighted by molar-refractivity contribution is 9.10. The van der Waals surface area contributed by atoms with Crippen LogP contribution in [0.25, 0.3) is 11.3 Å². The number of aryl methyl sites for hydroxylation is 1. The Hall–Kier alpha value is -1.27. The molecule has 0 aliphatic carbocycles. The van der Waals surface area contributed by atoms with Crippen molar-refractivity contribution in [3.05, 3.63) is 21.6 Å². The Labute approximate surface area is 117 Å². The second-order valence-corrected chi connectivity index (χ2v) is 5.84. The molecule has 2 N–H and O–H groups in total. The maximum absolute atomic E-state index is 6.01. The Balaban J connectivity index is 2.11. The van der Waals surface area contributed by atoms with Gasteiger partial charge in [0.1, 0.15) is 10.7 Å². The average molecular weight is 327 g/mol. The first-order valence-corrected chi connectivity index (χ1v) is 7.14. The van der Waals surface area contributed by atoms with E-state index in [9.17, 15) is 0 Å². The highest BCUT2D eigenvalue weighted by atomic mass is 79.9. The summed E-state index contributed by atoms with van der Waals surface area (Å²) in [6, 6.07) is 3.87. The minimum atomic E-state index is 0.254. The summed E-state index contributed by atoms with van der Waals surface area (Å²) in [5.74, 6) is 1.47. The minimum absolute atomic E-state index is 0.254. The molecule has 0 fully saturated rings. The van der Waals surface area contributed by atoms with Crippen LogP contribution in [-0.4, -0.2) is 11.8 Å². The third kappa shape index (κ3) is 1.85. The molecule has 1 aliphatic rings.